The minimum atomic E-state index is -0.641. The zero-order valence-electron chi connectivity index (χ0n) is 19.3. The summed E-state index contributed by atoms with van der Waals surface area (Å²) in [6.45, 7) is 3.95. The number of hydrogen-bond donors (Lipinski definition) is 0. The van der Waals surface area contributed by atoms with Gasteiger partial charge in [0.1, 0.15) is 0 Å². The molecule has 168 valence electrons. The molecule has 0 radical (unpaired) electrons. The summed E-state index contributed by atoms with van der Waals surface area (Å²) in [5.74, 6) is 3.69. The summed E-state index contributed by atoms with van der Waals surface area (Å²) >= 11 is 0. The summed E-state index contributed by atoms with van der Waals surface area (Å²) in [6.07, 6.45) is 18.9. The van der Waals surface area contributed by atoms with Crippen LogP contribution >= 0.6 is 0 Å². The largest absolute Gasteiger partial charge is 0.203 e. The fourth-order valence-corrected chi connectivity index (χ4v) is 7.27. The van der Waals surface area contributed by atoms with E-state index < -0.39 is 11.6 Å². The SMILES string of the molecule is CCCCCC1CCC2CC(C3CCC(c4ccc(C)c(F)c4F)CC3)CCC2C1. The van der Waals surface area contributed by atoms with Gasteiger partial charge >= 0.3 is 0 Å². The molecule has 0 aromatic heterocycles. The first-order valence-corrected chi connectivity index (χ1v) is 13.0. The van der Waals surface area contributed by atoms with Crippen molar-refractivity contribution in [2.45, 2.75) is 110 Å². The Morgan fingerprint density at radius 3 is 2.10 bits per heavy atom. The van der Waals surface area contributed by atoms with Gasteiger partial charge in [0, 0.05) is 0 Å². The lowest BCUT2D eigenvalue weighted by Crippen LogP contribution is -2.34. The van der Waals surface area contributed by atoms with Crippen LogP contribution in [0, 0.1) is 48.1 Å². The summed E-state index contributed by atoms with van der Waals surface area (Å²) in [4.78, 5) is 0. The van der Waals surface area contributed by atoms with Crippen molar-refractivity contribution in [3.63, 3.8) is 0 Å². The van der Waals surface area contributed by atoms with Crippen LogP contribution in [-0.2, 0) is 0 Å². The van der Waals surface area contributed by atoms with Gasteiger partial charge in [-0.1, -0.05) is 51.2 Å². The number of rotatable bonds is 6. The predicted octanol–water partition coefficient (Wildman–Crippen LogP) is 8.96. The Morgan fingerprint density at radius 1 is 0.733 bits per heavy atom. The van der Waals surface area contributed by atoms with Crippen molar-refractivity contribution in [2.75, 3.05) is 0 Å². The van der Waals surface area contributed by atoms with E-state index in [1.807, 2.05) is 6.07 Å². The molecule has 1 aromatic carbocycles. The molecule has 0 bridgehead atoms. The van der Waals surface area contributed by atoms with Crippen molar-refractivity contribution in [1.29, 1.82) is 0 Å². The molecule has 4 rings (SSSR count). The molecule has 0 N–H and O–H groups in total. The third kappa shape index (κ3) is 4.94. The molecule has 0 heterocycles. The lowest BCUT2D eigenvalue weighted by Gasteiger charge is -2.45. The van der Waals surface area contributed by atoms with Crippen LogP contribution in [0.25, 0.3) is 0 Å². The maximum Gasteiger partial charge on any atom is 0.162 e. The molecule has 3 saturated carbocycles. The second-order valence-corrected chi connectivity index (χ2v) is 11.0. The summed E-state index contributed by atoms with van der Waals surface area (Å²) in [5.41, 5.74) is 1.04. The second kappa shape index (κ2) is 10.1. The maximum absolute atomic E-state index is 14.4. The van der Waals surface area contributed by atoms with Gasteiger partial charge < -0.3 is 0 Å². The van der Waals surface area contributed by atoms with Gasteiger partial charge in [0.25, 0.3) is 0 Å². The normalized spacial score (nSPS) is 34.5. The lowest BCUT2D eigenvalue weighted by molar-refractivity contribution is 0.0612. The first kappa shape index (κ1) is 22.3. The molecule has 4 atom stereocenters. The minimum Gasteiger partial charge on any atom is -0.203 e. The highest BCUT2D eigenvalue weighted by molar-refractivity contribution is 5.28. The first-order valence-electron chi connectivity index (χ1n) is 13.0. The van der Waals surface area contributed by atoms with Crippen LogP contribution in [0.3, 0.4) is 0 Å². The molecular formula is C28H42F2. The first-order chi connectivity index (χ1) is 14.6. The van der Waals surface area contributed by atoms with E-state index in [0.717, 1.165) is 42.4 Å². The summed E-state index contributed by atoms with van der Waals surface area (Å²) < 4.78 is 28.4. The van der Waals surface area contributed by atoms with E-state index in [0.29, 0.717) is 11.1 Å². The lowest BCUT2D eigenvalue weighted by atomic mass is 9.60. The standard InChI is InChI=1S/C28H42F2/c1-3-4-5-6-20-8-9-25-18-24(15-14-23(25)17-20)21-10-12-22(13-11-21)26-16-7-19(2)27(29)28(26)30/h7,16,20-25H,3-6,8-15,17-18H2,1-2H3. The average molecular weight is 417 g/mol. The van der Waals surface area contributed by atoms with Crippen LogP contribution in [0.1, 0.15) is 114 Å². The Hall–Kier alpha value is -0.920. The fraction of sp³-hybridized carbons (Fsp3) is 0.786. The Kier molecular flexibility index (Phi) is 7.53. The predicted molar refractivity (Wildman–Crippen MR) is 122 cm³/mol. The Balaban J connectivity index is 1.26. The van der Waals surface area contributed by atoms with Gasteiger partial charge in [-0.15, -0.1) is 0 Å². The second-order valence-electron chi connectivity index (χ2n) is 11.0. The number of fused-ring (bicyclic) bond motifs is 1. The Morgan fingerprint density at radius 2 is 1.37 bits per heavy atom. The molecule has 3 aliphatic rings. The summed E-state index contributed by atoms with van der Waals surface area (Å²) in [7, 11) is 0. The number of halogens is 2. The zero-order chi connectivity index (χ0) is 21.1. The third-order valence-corrected chi connectivity index (χ3v) is 9.16. The number of benzene rings is 1. The molecule has 3 fully saturated rings. The molecule has 0 aliphatic heterocycles. The van der Waals surface area contributed by atoms with Gasteiger partial charge in [0.15, 0.2) is 11.6 Å². The summed E-state index contributed by atoms with van der Waals surface area (Å²) in [5, 5.41) is 0. The summed E-state index contributed by atoms with van der Waals surface area (Å²) in [6, 6.07) is 3.59. The van der Waals surface area contributed by atoms with E-state index in [4.69, 9.17) is 0 Å². The van der Waals surface area contributed by atoms with Gasteiger partial charge in [-0.3, -0.25) is 0 Å². The average Bonchev–Trinajstić information content (AvgIpc) is 2.78. The maximum atomic E-state index is 14.4. The highest BCUT2D eigenvalue weighted by atomic mass is 19.2. The fourth-order valence-electron chi connectivity index (χ4n) is 7.27. The van der Waals surface area contributed by atoms with E-state index in [1.165, 1.54) is 77.0 Å². The van der Waals surface area contributed by atoms with Crippen LogP contribution in [0.15, 0.2) is 12.1 Å². The van der Waals surface area contributed by atoms with E-state index >= 15 is 0 Å². The van der Waals surface area contributed by atoms with Crippen molar-refractivity contribution in [3.05, 3.63) is 34.9 Å². The molecule has 4 unspecified atom stereocenters. The topological polar surface area (TPSA) is 0 Å². The highest BCUT2D eigenvalue weighted by Crippen LogP contribution is 2.50. The number of aryl methyl sites for hydroxylation is 1. The Labute approximate surface area is 183 Å². The van der Waals surface area contributed by atoms with E-state index in [9.17, 15) is 8.78 Å². The molecule has 0 nitrogen and oxygen atoms in total. The molecule has 1 aromatic rings. The van der Waals surface area contributed by atoms with Gasteiger partial charge in [0.2, 0.25) is 0 Å². The van der Waals surface area contributed by atoms with Crippen molar-refractivity contribution >= 4 is 0 Å². The monoisotopic (exact) mass is 416 g/mol. The van der Waals surface area contributed by atoms with E-state index in [2.05, 4.69) is 6.92 Å². The molecule has 0 spiro atoms. The van der Waals surface area contributed by atoms with Crippen LogP contribution in [0.2, 0.25) is 0 Å². The van der Waals surface area contributed by atoms with Gasteiger partial charge in [-0.2, -0.15) is 0 Å². The van der Waals surface area contributed by atoms with Gasteiger partial charge in [-0.25, -0.2) is 8.78 Å². The van der Waals surface area contributed by atoms with Crippen molar-refractivity contribution in [1.82, 2.24) is 0 Å². The molecule has 0 saturated heterocycles. The van der Waals surface area contributed by atoms with Crippen molar-refractivity contribution in [2.24, 2.45) is 29.6 Å². The van der Waals surface area contributed by atoms with Gasteiger partial charge in [0.05, 0.1) is 0 Å². The van der Waals surface area contributed by atoms with Crippen LogP contribution < -0.4 is 0 Å². The van der Waals surface area contributed by atoms with Gasteiger partial charge in [-0.05, 0) is 111 Å². The number of hydrogen-bond acceptors (Lipinski definition) is 0. The van der Waals surface area contributed by atoms with Crippen molar-refractivity contribution < 1.29 is 8.78 Å². The van der Waals surface area contributed by atoms with E-state index in [1.54, 1.807) is 13.0 Å². The molecular weight excluding hydrogens is 374 g/mol. The smallest absolute Gasteiger partial charge is 0.162 e. The molecule has 2 heteroatoms. The van der Waals surface area contributed by atoms with Crippen molar-refractivity contribution in [3.8, 4) is 0 Å². The van der Waals surface area contributed by atoms with E-state index in [-0.39, 0.29) is 5.92 Å². The van der Waals surface area contributed by atoms with Crippen LogP contribution in [0.4, 0.5) is 8.78 Å². The highest BCUT2D eigenvalue weighted by Gasteiger charge is 2.39. The molecule has 0 amide bonds. The quantitative estimate of drug-likeness (QED) is 0.406. The zero-order valence-corrected chi connectivity index (χ0v) is 19.3. The third-order valence-electron chi connectivity index (χ3n) is 9.16. The minimum absolute atomic E-state index is 0.214. The Bertz CT molecular complexity index is 688. The molecule has 3 aliphatic carbocycles. The van der Waals surface area contributed by atoms with Crippen LogP contribution in [-0.4, -0.2) is 0 Å². The number of unbranched alkanes of at least 4 members (excludes halogenated alkanes) is 2. The van der Waals surface area contributed by atoms with Crippen LogP contribution in [0.5, 0.6) is 0 Å². The molecule has 30 heavy (non-hydrogen) atoms.